The molecule has 0 bridgehead atoms. The molecule has 0 spiro atoms. The molecule has 2 aromatic rings. The van der Waals surface area contributed by atoms with Crippen LogP contribution >= 0.6 is 35.3 Å². The first-order valence-corrected chi connectivity index (χ1v) is 9.29. The van der Waals surface area contributed by atoms with Crippen LogP contribution in [0.1, 0.15) is 29.3 Å². The van der Waals surface area contributed by atoms with Gasteiger partial charge in [-0.3, -0.25) is 4.99 Å². The second kappa shape index (κ2) is 10.7. The molecule has 150 valence electrons. The molecule has 0 aliphatic carbocycles. The molecule has 0 radical (unpaired) electrons. The Labute approximate surface area is 182 Å². The van der Waals surface area contributed by atoms with Gasteiger partial charge in [-0.2, -0.15) is 0 Å². The van der Waals surface area contributed by atoms with Gasteiger partial charge in [0.15, 0.2) is 17.5 Å². The summed E-state index contributed by atoms with van der Waals surface area (Å²) >= 11 is 1.69. The lowest BCUT2D eigenvalue weighted by Crippen LogP contribution is -2.43. The molecule has 0 amide bonds. The van der Waals surface area contributed by atoms with Gasteiger partial charge >= 0.3 is 0 Å². The number of aryl methyl sites for hydroxylation is 1. The van der Waals surface area contributed by atoms with Crippen LogP contribution in [0, 0.1) is 6.92 Å². The number of nitrogens with one attached hydrogen (secondary N) is 2. The zero-order valence-corrected chi connectivity index (χ0v) is 19.9. The monoisotopic (exact) mass is 504 g/mol. The summed E-state index contributed by atoms with van der Waals surface area (Å²) in [4.78, 5) is 9.86. The Morgan fingerprint density at radius 2 is 1.89 bits per heavy atom. The fourth-order valence-electron chi connectivity index (χ4n) is 2.53. The van der Waals surface area contributed by atoms with E-state index in [4.69, 9.17) is 9.47 Å². The Morgan fingerprint density at radius 3 is 2.44 bits per heavy atom. The molecule has 0 fully saturated rings. The van der Waals surface area contributed by atoms with Gasteiger partial charge in [0.2, 0.25) is 0 Å². The third-order valence-corrected chi connectivity index (χ3v) is 5.08. The van der Waals surface area contributed by atoms with Crippen LogP contribution in [-0.4, -0.2) is 38.8 Å². The Balaban J connectivity index is 0.00000364. The van der Waals surface area contributed by atoms with E-state index in [9.17, 15) is 0 Å². The van der Waals surface area contributed by atoms with Crippen molar-refractivity contribution >= 4 is 41.3 Å². The van der Waals surface area contributed by atoms with Crippen molar-refractivity contribution < 1.29 is 9.47 Å². The van der Waals surface area contributed by atoms with Crippen molar-refractivity contribution in [2.24, 2.45) is 4.99 Å². The fraction of sp³-hybridized carbons (Fsp3) is 0.474. The third kappa shape index (κ3) is 6.53. The molecule has 0 atom stereocenters. The van der Waals surface area contributed by atoms with Crippen LogP contribution in [0.5, 0.6) is 11.5 Å². The molecule has 1 aromatic carbocycles. The van der Waals surface area contributed by atoms with E-state index in [1.165, 1.54) is 4.88 Å². The van der Waals surface area contributed by atoms with E-state index in [-0.39, 0.29) is 29.4 Å². The summed E-state index contributed by atoms with van der Waals surface area (Å²) in [5.74, 6) is 2.22. The number of thiazole rings is 1. The van der Waals surface area contributed by atoms with Crippen molar-refractivity contribution in [1.29, 1.82) is 0 Å². The van der Waals surface area contributed by atoms with Crippen molar-refractivity contribution in [2.75, 3.05) is 27.8 Å². The Morgan fingerprint density at radius 1 is 1.19 bits per heavy atom. The summed E-state index contributed by atoms with van der Waals surface area (Å²) < 4.78 is 10.7. The first-order valence-electron chi connectivity index (χ1n) is 8.48. The predicted octanol–water partition coefficient (Wildman–Crippen LogP) is 3.73. The first kappa shape index (κ1) is 23.5. The molecular formula is C19H29IN4O2S. The van der Waals surface area contributed by atoms with Crippen LogP contribution in [0.15, 0.2) is 29.4 Å². The van der Waals surface area contributed by atoms with E-state index in [1.54, 1.807) is 32.6 Å². The molecule has 0 aliphatic rings. The van der Waals surface area contributed by atoms with Gasteiger partial charge in [-0.05, 0) is 24.6 Å². The van der Waals surface area contributed by atoms with Crippen LogP contribution in [0.3, 0.4) is 0 Å². The number of hydrogen-bond acceptors (Lipinski definition) is 5. The van der Waals surface area contributed by atoms with Gasteiger partial charge in [-0.1, -0.05) is 19.9 Å². The predicted molar refractivity (Wildman–Crippen MR) is 123 cm³/mol. The molecule has 2 N–H and O–H groups in total. The number of methoxy groups -OCH3 is 2. The van der Waals surface area contributed by atoms with E-state index in [0.29, 0.717) is 6.54 Å². The lowest BCUT2D eigenvalue weighted by Gasteiger charge is -2.27. The standard InChI is InChI=1S/C19H28N4O2S.HI/c1-13-10-21-17(26-13)11-22-18(20-4)23-12-19(2,3)14-7-8-15(24-5)16(9-14)25-6;/h7-10H,11-12H2,1-6H3,(H2,20,22,23);1H. The van der Waals surface area contributed by atoms with Crippen molar-refractivity contribution in [3.8, 4) is 11.5 Å². The maximum atomic E-state index is 5.42. The topological polar surface area (TPSA) is 67.8 Å². The van der Waals surface area contributed by atoms with Crippen LogP contribution in [0.25, 0.3) is 0 Å². The minimum atomic E-state index is -0.116. The van der Waals surface area contributed by atoms with Crippen LogP contribution in [0.2, 0.25) is 0 Å². The van der Waals surface area contributed by atoms with E-state index < -0.39 is 0 Å². The van der Waals surface area contributed by atoms with Gasteiger partial charge in [0.1, 0.15) is 5.01 Å². The highest BCUT2D eigenvalue weighted by molar-refractivity contribution is 14.0. The second-order valence-electron chi connectivity index (χ2n) is 6.60. The second-order valence-corrected chi connectivity index (χ2v) is 7.92. The van der Waals surface area contributed by atoms with Gasteiger partial charge in [0.25, 0.3) is 0 Å². The van der Waals surface area contributed by atoms with Crippen molar-refractivity contribution in [3.05, 3.63) is 39.8 Å². The van der Waals surface area contributed by atoms with Gasteiger partial charge in [0.05, 0.1) is 20.8 Å². The fourth-order valence-corrected chi connectivity index (χ4v) is 3.25. The van der Waals surface area contributed by atoms with E-state index in [2.05, 4.69) is 47.4 Å². The average Bonchev–Trinajstić information content (AvgIpc) is 3.06. The van der Waals surface area contributed by atoms with Crippen LogP contribution in [0.4, 0.5) is 0 Å². The largest absolute Gasteiger partial charge is 0.493 e. The minimum absolute atomic E-state index is 0. The number of rotatable bonds is 7. The molecule has 0 aliphatic heterocycles. The number of hydrogen-bond donors (Lipinski definition) is 2. The summed E-state index contributed by atoms with van der Waals surface area (Å²) in [6.07, 6.45) is 1.89. The van der Waals surface area contributed by atoms with Crippen molar-refractivity contribution in [1.82, 2.24) is 15.6 Å². The molecule has 1 heterocycles. The molecule has 8 heteroatoms. The third-order valence-electron chi connectivity index (χ3n) is 4.16. The van der Waals surface area contributed by atoms with E-state index in [1.807, 2.05) is 18.3 Å². The number of aliphatic imine (C=N–C) groups is 1. The molecule has 2 rings (SSSR count). The van der Waals surface area contributed by atoms with Gasteiger partial charge in [-0.25, -0.2) is 4.98 Å². The molecule has 0 saturated heterocycles. The normalized spacial score (nSPS) is 11.6. The van der Waals surface area contributed by atoms with Crippen molar-refractivity contribution in [3.63, 3.8) is 0 Å². The molecule has 6 nitrogen and oxygen atoms in total. The Bertz CT molecular complexity index is 762. The maximum Gasteiger partial charge on any atom is 0.191 e. The lowest BCUT2D eigenvalue weighted by molar-refractivity contribution is 0.353. The number of nitrogens with zero attached hydrogens (tertiary/aromatic N) is 2. The molecule has 27 heavy (non-hydrogen) atoms. The van der Waals surface area contributed by atoms with Gasteiger partial charge in [-0.15, -0.1) is 35.3 Å². The molecular weight excluding hydrogens is 475 g/mol. The Hall–Kier alpha value is -1.55. The first-order chi connectivity index (χ1) is 12.4. The SMILES string of the molecule is CN=C(NCc1ncc(C)s1)NCC(C)(C)c1ccc(OC)c(OC)c1.I. The zero-order valence-electron chi connectivity index (χ0n) is 16.8. The highest BCUT2D eigenvalue weighted by Gasteiger charge is 2.22. The smallest absolute Gasteiger partial charge is 0.191 e. The van der Waals surface area contributed by atoms with Gasteiger partial charge < -0.3 is 20.1 Å². The van der Waals surface area contributed by atoms with E-state index >= 15 is 0 Å². The number of guanidine groups is 1. The summed E-state index contributed by atoms with van der Waals surface area (Å²) in [5, 5.41) is 7.75. The number of halogens is 1. The van der Waals surface area contributed by atoms with Crippen molar-refractivity contribution in [2.45, 2.75) is 32.7 Å². The molecule has 0 unspecified atom stereocenters. The lowest BCUT2D eigenvalue weighted by atomic mass is 9.84. The van der Waals surface area contributed by atoms with E-state index in [0.717, 1.165) is 34.6 Å². The maximum absolute atomic E-state index is 5.42. The van der Waals surface area contributed by atoms with Crippen LogP contribution in [-0.2, 0) is 12.0 Å². The Kier molecular flexibility index (Phi) is 9.31. The number of ether oxygens (including phenoxy) is 2. The quantitative estimate of drug-likeness (QED) is 0.342. The highest BCUT2D eigenvalue weighted by atomic mass is 127. The molecule has 1 aromatic heterocycles. The van der Waals surface area contributed by atoms with Gasteiger partial charge in [0, 0.05) is 30.1 Å². The summed E-state index contributed by atoms with van der Waals surface area (Å²) in [6.45, 7) is 7.80. The summed E-state index contributed by atoms with van der Waals surface area (Å²) in [7, 11) is 5.06. The number of benzene rings is 1. The summed E-state index contributed by atoms with van der Waals surface area (Å²) in [5.41, 5.74) is 1.04. The zero-order chi connectivity index (χ0) is 19.2. The highest BCUT2D eigenvalue weighted by Crippen LogP contribution is 2.32. The molecule has 0 saturated carbocycles. The average molecular weight is 504 g/mol. The van der Waals surface area contributed by atoms with Crippen LogP contribution < -0.4 is 20.1 Å². The summed E-state index contributed by atoms with van der Waals surface area (Å²) in [6, 6.07) is 6.03. The minimum Gasteiger partial charge on any atom is -0.493 e. The number of aromatic nitrogens is 1.